The van der Waals surface area contributed by atoms with E-state index in [4.69, 9.17) is 4.74 Å². The van der Waals surface area contributed by atoms with Crippen LogP contribution in [-0.2, 0) is 0 Å². The van der Waals surface area contributed by atoms with Gasteiger partial charge in [-0.3, -0.25) is 0 Å². The maximum atomic E-state index is 11.2. The number of hydrogen-bond acceptors (Lipinski definition) is 2. The fraction of sp³-hybridized carbons (Fsp3) is 0.562. The van der Waals surface area contributed by atoms with Crippen LogP contribution in [0.1, 0.15) is 49.0 Å². The van der Waals surface area contributed by atoms with Crippen LogP contribution in [0.15, 0.2) is 18.2 Å². The highest BCUT2D eigenvalue weighted by molar-refractivity contribution is 5.91. The third kappa shape index (κ3) is 3.28. The molecule has 2 rings (SSSR count). The van der Waals surface area contributed by atoms with Crippen molar-refractivity contribution < 1.29 is 14.6 Å². The first-order valence-electron chi connectivity index (χ1n) is 6.98. The molecule has 1 aliphatic carbocycles. The van der Waals surface area contributed by atoms with E-state index in [0.29, 0.717) is 11.7 Å². The maximum absolute atomic E-state index is 11.2. The lowest BCUT2D eigenvalue weighted by Gasteiger charge is -2.32. The molecule has 0 saturated heterocycles. The molecule has 19 heavy (non-hydrogen) atoms. The Morgan fingerprint density at radius 2 is 2.00 bits per heavy atom. The molecule has 0 aromatic heterocycles. The van der Waals surface area contributed by atoms with Crippen LogP contribution in [0, 0.1) is 18.8 Å². The fourth-order valence-electron chi connectivity index (χ4n) is 2.69. The second kappa shape index (κ2) is 5.64. The molecule has 1 saturated carbocycles. The minimum atomic E-state index is -0.924. The van der Waals surface area contributed by atoms with Gasteiger partial charge in [0.1, 0.15) is 11.3 Å². The summed E-state index contributed by atoms with van der Waals surface area (Å²) in [4.78, 5) is 11.2. The zero-order valence-corrected chi connectivity index (χ0v) is 11.8. The molecule has 1 fully saturated rings. The first kappa shape index (κ1) is 13.9. The summed E-state index contributed by atoms with van der Waals surface area (Å²) < 4.78 is 5.97. The third-order valence-corrected chi connectivity index (χ3v) is 4.21. The first-order chi connectivity index (χ1) is 8.97. The second-order valence-electron chi connectivity index (χ2n) is 5.81. The Balaban J connectivity index is 2.14. The Morgan fingerprint density at radius 1 is 1.26 bits per heavy atom. The number of carboxylic acid groups (broad SMARTS) is 1. The molecule has 0 amide bonds. The molecule has 0 heterocycles. The van der Waals surface area contributed by atoms with Crippen molar-refractivity contribution in [3.8, 4) is 5.75 Å². The third-order valence-electron chi connectivity index (χ3n) is 4.21. The number of aryl methyl sites for hydroxylation is 1. The highest BCUT2D eigenvalue weighted by Crippen LogP contribution is 2.33. The molecular formula is C16H22O3. The van der Waals surface area contributed by atoms with Crippen LogP contribution < -0.4 is 4.74 Å². The quantitative estimate of drug-likeness (QED) is 0.898. The van der Waals surface area contributed by atoms with Gasteiger partial charge in [0, 0.05) is 0 Å². The molecule has 0 spiro atoms. The molecule has 3 heteroatoms. The highest BCUT2D eigenvalue weighted by atomic mass is 16.5. The predicted molar refractivity (Wildman–Crippen MR) is 74.7 cm³/mol. The van der Waals surface area contributed by atoms with Crippen molar-refractivity contribution in [1.82, 2.24) is 0 Å². The summed E-state index contributed by atoms with van der Waals surface area (Å²) >= 11 is 0. The topological polar surface area (TPSA) is 46.5 Å². The van der Waals surface area contributed by atoms with E-state index in [9.17, 15) is 9.90 Å². The summed E-state index contributed by atoms with van der Waals surface area (Å²) in [7, 11) is 0. The lowest BCUT2D eigenvalue weighted by atomic mass is 9.80. The van der Waals surface area contributed by atoms with Gasteiger partial charge in [-0.15, -0.1) is 0 Å². The van der Waals surface area contributed by atoms with Crippen molar-refractivity contribution in [2.45, 2.75) is 46.1 Å². The molecular weight excluding hydrogens is 240 g/mol. The van der Waals surface area contributed by atoms with E-state index < -0.39 is 5.97 Å². The Bertz CT molecular complexity index is 467. The summed E-state index contributed by atoms with van der Waals surface area (Å²) in [5, 5.41) is 9.20. The Hall–Kier alpha value is -1.51. The van der Waals surface area contributed by atoms with Gasteiger partial charge in [0.25, 0.3) is 0 Å². The zero-order chi connectivity index (χ0) is 14.0. The van der Waals surface area contributed by atoms with Crippen molar-refractivity contribution in [2.24, 2.45) is 11.8 Å². The molecule has 0 bridgehead atoms. The van der Waals surface area contributed by atoms with E-state index in [1.54, 1.807) is 6.07 Å². The van der Waals surface area contributed by atoms with E-state index in [1.165, 1.54) is 0 Å². The zero-order valence-electron chi connectivity index (χ0n) is 11.8. The van der Waals surface area contributed by atoms with Crippen LogP contribution in [0.25, 0.3) is 0 Å². The minimum absolute atomic E-state index is 0.145. The lowest BCUT2D eigenvalue weighted by molar-refractivity contribution is 0.0675. The average Bonchev–Trinajstić information content (AvgIpc) is 2.33. The van der Waals surface area contributed by atoms with Crippen LogP contribution in [-0.4, -0.2) is 17.2 Å². The van der Waals surface area contributed by atoms with Crippen LogP contribution in [0.2, 0.25) is 0 Å². The molecule has 3 unspecified atom stereocenters. The van der Waals surface area contributed by atoms with E-state index in [2.05, 4.69) is 13.8 Å². The molecule has 104 valence electrons. The van der Waals surface area contributed by atoms with Crippen molar-refractivity contribution in [1.29, 1.82) is 0 Å². The minimum Gasteiger partial charge on any atom is -0.490 e. The largest absolute Gasteiger partial charge is 0.490 e. The van der Waals surface area contributed by atoms with Crippen LogP contribution in [0.5, 0.6) is 5.75 Å². The van der Waals surface area contributed by atoms with E-state index in [0.717, 1.165) is 30.7 Å². The van der Waals surface area contributed by atoms with Gasteiger partial charge >= 0.3 is 5.97 Å². The van der Waals surface area contributed by atoms with Gasteiger partial charge in [0.15, 0.2) is 0 Å². The molecule has 0 aliphatic heterocycles. The molecule has 1 N–H and O–H groups in total. The monoisotopic (exact) mass is 262 g/mol. The van der Waals surface area contributed by atoms with Crippen LogP contribution in [0.4, 0.5) is 0 Å². The van der Waals surface area contributed by atoms with Crippen molar-refractivity contribution in [3.63, 3.8) is 0 Å². The number of aromatic carboxylic acids is 1. The molecule has 3 nitrogen and oxygen atoms in total. The number of ether oxygens (including phenoxy) is 1. The standard InChI is InChI=1S/C16H22O3/c1-10-4-7-14(16(17)18)15(8-10)19-13-6-5-11(2)12(3)9-13/h4,7-8,11-13H,5-6,9H2,1-3H3,(H,17,18). The number of rotatable bonds is 3. The molecule has 1 aromatic rings. The van der Waals surface area contributed by atoms with E-state index in [-0.39, 0.29) is 11.7 Å². The number of hydrogen-bond donors (Lipinski definition) is 1. The smallest absolute Gasteiger partial charge is 0.339 e. The Kier molecular flexibility index (Phi) is 4.13. The van der Waals surface area contributed by atoms with Gasteiger partial charge in [-0.25, -0.2) is 4.79 Å². The Morgan fingerprint density at radius 3 is 2.63 bits per heavy atom. The van der Waals surface area contributed by atoms with Gasteiger partial charge in [0.05, 0.1) is 6.10 Å². The SMILES string of the molecule is Cc1ccc(C(=O)O)c(OC2CCC(C)C(C)C2)c1. The first-order valence-corrected chi connectivity index (χ1v) is 6.98. The lowest BCUT2D eigenvalue weighted by Crippen LogP contribution is -2.29. The molecule has 3 atom stereocenters. The van der Waals surface area contributed by atoms with Gasteiger partial charge in [0.2, 0.25) is 0 Å². The maximum Gasteiger partial charge on any atom is 0.339 e. The van der Waals surface area contributed by atoms with Crippen molar-refractivity contribution in [3.05, 3.63) is 29.3 Å². The summed E-state index contributed by atoms with van der Waals surface area (Å²) in [6.45, 7) is 6.47. The van der Waals surface area contributed by atoms with Gasteiger partial charge in [-0.2, -0.15) is 0 Å². The molecule has 1 aliphatic rings. The predicted octanol–water partition coefficient (Wildman–Crippen LogP) is 3.90. The molecule has 0 radical (unpaired) electrons. The van der Waals surface area contributed by atoms with Crippen LogP contribution in [0.3, 0.4) is 0 Å². The average molecular weight is 262 g/mol. The molecule has 1 aromatic carbocycles. The number of benzene rings is 1. The van der Waals surface area contributed by atoms with Gasteiger partial charge < -0.3 is 9.84 Å². The number of carbonyl (C=O) groups is 1. The highest BCUT2D eigenvalue weighted by Gasteiger charge is 2.26. The Labute approximate surface area is 114 Å². The fourth-order valence-corrected chi connectivity index (χ4v) is 2.69. The van der Waals surface area contributed by atoms with Gasteiger partial charge in [-0.1, -0.05) is 19.9 Å². The normalized spacial score (nSPS) is 27.0. The van der Waals surface area contributed by atoms with E-state index in [1.807, 2.05) is 19.1 Å². The van der Waals surface area contributed by atoms with Crippen LogP contribution >= 0.6 is 0 Å². The number of carboxylic acids is 1. The van der Waals surface area contributed by atoms with E-state index >= 15 is 0 Å². The van der Waals surface area contributed by atoms with Gasteiger partial charge in [-0.05, 0) is 55.7 Å². The summed E-state index contributed by atoms with van der Waals surface area (Å²) in [6.07, 6.45) is 3.32. The summed E-state index contributed by atoms with van der Waals surface area (Å²) in [5.41, 5.74) is 1.29. The van der Waals surface area contributed by atoms with Crippen molar-refractivity contribution >= 4 is 5.97 Å². The van der Waals surface area contributed by atoms with Crippen molar-refractivity contribution in [2.75, 3.05) is 0 Å². The summed E-state index contributed by atoms with van der Waals surface area (Å²) in [5.74, 6) is 0.958. The summed E-state index contributed by atoms with van der Waals surface area (Å²) in [6, 6.07) is 5.26. The second-order valence-corrected chi connectivity index (χ2v) is 5.81.